The standard InChI is InChI=1S/C14H22F3N5S.HI/c1-10-7-20-12(23-10)3-5-19-13(18-2)21-11-4-6-22(8-11)9-14(15,16)17;/h7,11H,3-6,8-9H2,1-2H3,(H2,18,19,21);1H. The molecule has 138 valence electrons. The molecule has 0 aromatic carbocycles. The maximum absolute atomic E-state index is 12.4. The van der Waals surface area contributed by atoms with Gasteiger partial charge in [0.2, 0.25) is 0 Å². The monoisotopic (exact) mass is 477 g/mol. The van der Waals surface area contributed by atoms with Crippen molar-refractivity contribution >= 4 is 41.3 Å². The molecule has 0 aliphatic carbocycles. The Hall–Kier alpha value is -0.620. The number of rotatable bonds is 5. The number of halogens is 4. The van der Waals surface area contributed by atoms with Gasteiger partial charge in [-0.25, -0.2) is 4.98 Å². The first-order valence-electron chi connectivity index (χ1n) is 7.53. The number of likely N-dealkylation sites (tertiary alicyclic amines) is 1. The number of aliphatic imine (C=N–C) groups is 1. The second-order valence-electron chi connectivity index (χ2n) is 5.59. The van der Waals surface area contributed by atoms with Crippen molar-refractivity contribution in [1.82, 2.24) is 20.5 Å². The number of nitrogens with one attached hydrogen (secondary N) is 2. The van der Waals surface area contributed by atoms with E-state index in [9.17, 15) is 13.2 Å². The topological polar surface area (TPSA) is 52.6 Å². The molecule has 2 rings (SSSR count). The summed E-state index contributed by atoms with van der Waals surface area (Å²) in [6.45, 7) is 2.69. The molecule has 1 saturated heterocycles. The van der Waals surface area contributed by atoms with Crippen LogP contribution in [0.5, 0.6) is 0 Å². The minimum absolute atomic E-state index is 0. The molecule has 1 aliphatic rings. The molecule has 1 fully saturated rings. The van der Waals surface area contributed by atoms with Crippen LogP contribution in [0, 0.1) is 6.92 Å². The molecule has 0 bridgehead atoms. The summed E-state index contributed by atoms with van der Waals surface area (Å²) in [5.74, 6) is 0.622. The van der Waals surface area contributed by atoms with Crippen LogP contribution in [0.4, 0.5) is 13.2 Å². The molecule has 2 heterocycles. The van der Waals surface area contributed by atoms with E-state index in [1.165, 1.54) is 9.78 Å². The summed E-state index contributed by atoms with van der Waals surface area (Å²) >= 11 is 1.66. The second-order valence-corrected chi connectivity index (χ2v) is 6.91. The van der Waals surface area contributed by atoms with Crippen molar-refractivity contribution in [3.8, 4) is 0 Å². The molecule has 1 unspecified atom stereocenters. The number of aromatic nitrogens is 1. The van der Waals surface area contributed by atoms with Crippen molar-refractivity contribution < 1.29 is 13.2 Å². The lowest BCUT2D eigenvalue weighted by Crippen LogP contribution is -2.45. The van der Waals surface area contributed by atoms with Gasteiger partial charge in [0.25, 0.3) is 0 Å². The molecule has 0 spiro atoms. The van der Waals surface area contributed by atoms with Crippen LogP contribution in [0.3, 0.4) is 0 Å². The van der Waals surface area contributed by atoms with Gasteiger partial charge < -0.3 is 10.6 Å². The van der Waals surface area contributed by atoms with Crippen molar-refractivity contribution in [2.24, 2.45) is 4.99 Å². The highest BCUT2D eigenvalue weighted by Crippen LogP contribution is 2.19. The summed E-state index contributed by atoms with van der Waals surface area (Å²) in [6.07, 6.45) is -0.811. The molecule has 0 saturated carbocycles. The minimum Gasteiger partial charge on any atom is -0.356 e. The highest BCUT2D eigenvalue weighted by molar-refractivity contribution is 14.0. The third-order valence-corrected chi connectivity index (χ3v) is 4.51. The molecule has 0 radical (unpaired) electrons. The number of hydrogen-bond donors (Lipinski definition) is 2. The van der Waals surface area contributed by atoms with Crippen LogP contribution in [0.2, 0.25) is 0 Å². The molecule has 1 aliphatic heterocycles. The van der Waals surface area contributed by atoms with E-state index in [4.69, 9.17) is 0 Å². The van der Waals surface area contributed by atoms with E-state index in [2.05, 4.69) is 20.6 Å². The molecule has 2 N–H and O–H groups in total. The Morgan fingerprint density at radius 2 is 2.25 bits per heavy atom. The fourth-order valence-electron chi connectivity index (χ4n) is 2.54. The Balaban J connectivity index is 0.00000288. The predicted octanol–water partition coefficient (Wildman–Crippen LogP) is 2.41. The number of guanidine groups is 1. The fraction of sp³-hybridized carbons (Fsp3) is 0.714. The first-order chi connectivity index (χ1) is 10.9. The number of thiazole rings is 1. The minimum atomic E-state index is -4.14. The highest BCUT2D eigenvalue weighted by Gasteiger charge is 2.34. The van der Waals surface area contributed by atoms with Gasteiger partial charge in [-0.05, 0) is 13.3 Å². The lowest BCUT2D eigenvalue weighted by Gasteiger charge is -2.19. The van der Waals surface area contributed by atoms with E-state index in [1.807, 2.05) is 13.1 Å². The van der Waals surface area contributed by atoms with Crippen LogP contribution < -0.4 is 10.6 Å². The van der Waals surface area contributed by atoms with Crippen molar-refractivity contribution in [2.45, 2.75) is 32.0 Å². The van der Waals surface area contributed by atoms with E-state index < -0.39 is 12.7 Å². The van der Waals surface area contributed by atoms with Crippen molar-refractivity contribution in [1.29, 1.82) is 0 Å². The van der Waals surface area contributed by atoms with Crippen LogP contribution in [0.25, 0.3) is 0 Å². The zero-order valence-corrected chi connectivity index (χ0v) is 16.8. The van der Waals surface area contributed by atoms with Crippen LogP contribution in [-0.4, -0.2) is 61.3 Å². The summed E-state index contributed by atoms with van der Waals surface area (Å²) < 4.78 is 37.2. The Morgan fingerprint density at radius 1 is 1.50 bits per heavy atom. The molecule has 0 amide bonds. The number of alkyl halides is 3. The normalized spacial score (nSPS) is 19.2. The highest BCUT2D eigenvalue weighted by atomic mass is 127. The van der Waals surface area contributed by atoms with Crippen LogP contribution in [-0.2, 0) is 6.42 Å². The van der Waals surface area contributed by atoms with Crippen LogP contribution in [0.15, 0.2) is 11.2 Å². The predicted molar refractivity (Wildman–Crippen MR) is 101 cm³/mol. The zero-order chi connectivity index (χ0) is 16.9. The molecule has 1 atom stereocenters. The maximum atomic E-state index is 12.4. The smallest absolute Gasteiger partial charge is 0.356 e. The van der Waals surface area contributed by atoms with Crippen molar-refractivity contribution in [3.05, 3.63) is 16.1 Å². The summed E-state index contributed by atoms with van der Waals surface area (Å²) in [6, 6.07) is -0.00865. The lowest BCUT2D eigenvalue weighted by atomic mass is 10.3. The molecule has 1 aromatic heterocycles. The molecule has 1 aromatic rings. The van der Waals surface area contributed by atoms with Gasteiger partial charge in [0.1, 0.15) is 0 Å². The second kappa shape index (κ2) is 9.76. The Kier molecular flexibility index (Phi) is 8.71. The van der Waals surface area contributed by atoms with Gasteiger partial charge in [0, 0.05) is 50.2 Å². The third-order valence-electron chi connectivity index (χ3n) is 3.54. The van der Waals surface area contributed by atoms with Crippen LogP contribution >= 0.6 is 35.3 Å². The summed E-state index contributed by atoms with van der Waals surface area (Å²) in [4.78, 5) is 11.0. The van der Waals surface area contributed by atoms with Gasteiger partial charge in [-0.2, -0.15) is 13.2 Å². The Labute approximate surface area is 161 Å². The average molecular weight is 477 g/mol. The first kappa shape index (κ1) is 21.4. The van der Waals surface area contributed by atoms with Gasteiger partial charge in [-0.1, -0.05) is 0 Å². The molecule has 5 nitrogen and oxygen atoms in total. The van der Waals surface area contributed by atoms with Gasteiger partial charge in [0.15, 0.2) is 5.96 Å². The van der Waals surface area contributed by atoms with E-state index >= 15 is 0 Å². The maximum Gasteiger partial charge on any atom is 0.401 e. The molecule has 24 heavy (non-hydrogen) atoms. The lowest BCUT2D eigenvalue weighted by molar-refractivity contribution is -0.143. The quantitative estimate of drug-likeness (QED) is 0.389. The summed E-state index contributed by atoms with van der Waals surface area (Å²) in [5.41, 5.74) is 0. The summed E-state index contributed by atoms with van der Waals surface area (Å²) in [5, 5.41) is 7.43. The Morgan fingerprint density at radius 3 is 2.83 bits per heavy atom. The first-order valence-corrected chi connectivity index (χ1v) is 8.35. The van der Waals surface area contributed by atoms with Crippen LogP contribution in [0.1, 0.15) is 16.3 Å². The zero-order valence-electron chi connectivity index (χ0n) is 13.7. The van der Waals surface area contributed by atoms with Gasteiger partial charge in [0.05, 0.1) is 11.6 Å². The summed E-state index contributed by atoms with van der Waals surface area (Å²) in [7, 11) is 1.66. The number of nitrogens with zero attached hydrogens (tertiary/aromatic N) is 3. The Bertz CT molecular complexity index is 535. The van der Waals surface area contributed by atoms with Crippen molar-refractivity contribution in [3.63, 3.8) is 0 Å². The average Bonchev–Trinajstić information content (AvgIpc) is 3.05. The van der Waals surface area contributed by atoms with Crippen molar-refractivity contribution in [2.75, 3.05) is 33.2 Å². The van der Waals surface area contributed by atoms with E-state index in [0.29, 0.717) is 32.0 Å². The molecular formula is C14H23F3IN5S. The van der Waals surface area contributed by atoms with Gasteiger partial charge in [-0.3, -0.25) is 9.89 Å². The van der Waals surface area contributed by atoms with E-state index in [1.54, 1.807) is 18.4 Å². The SMILES string of the molecule is CN=C(NCCc1ncc(C)s1)NC1CCN(CC(F)(F)F)C1.I. The fourth-order valence-corrected chi connectivity index (χ4v) is 3.33. The largest absolute Gasteiger partial charge is 0.401 e. The van der Waals surface area contributed by atoms with E-state index in [0.717, 1.165) is 11.4 Å². The van der Waals surface area contributed by atoms with E-state index in [-0.39, 0.29) is 30.0 Å². The van der Waals surface area contributed by atoms with Gasteiger partial charge in [-0.15, -0.1) is 35.3 Å². The third kappa shape index (κ3) is 7.51. The van der Waals surface area contributed by atoms with Gasteiger partial charge >= 0.3 is 6.18 Å². The number of aryl methyl sites for hydroxylation is 1. The molecular weight excluding hydrogens is 454 g/mol. The number of hydrogen-bond acceptors (Lipinski definition) is 4. The molecule has 10 heteroatoms.